The summed E-state index contributed by atoms with van der Waals surface area (Å²) in [5, 5.41) is 4.49. The molecule has 316 valence electrons. The molecule has 0 fully saturated rings. The third kappa shape index (κ3) is 6.08. The fourth-order valence-electron chi connectivity index (χ4n) is 9.72. The van der Waals surface area contributed by atoms with Gasteiger partial charge in [-0.15, -0.1) is 0 Å². The molecule has 0 radical (unpaired) electrons. The van der Waals surface area contributed by atoms with Gasteiger partial charge in [0.2, 0.25) is 5.71 Å². The van der Waals surface area contributed by atoms with Gasteiger partial charge in [0, 0.05) is 10.8 Å². The molecular formula is C58H37N5O2Pt. The molecule has 5 heterocycles. The Bertz CT molecular complexity index is 3990. The van der Waals surface area contributed by atoms with Gasteiger partial charge in [0.15, 0.2) is 0 Å². The van der Waals surface area contributed by atoms with E-state index in [1.807, 2.05) is 18.3 Å². The van der Waals surface area contributed by atoms with Crippen LogP contribution in [0.4, 0.5) is 0 Å². The van der Waals surface area contributed by atoms with Crippen molar-refractivity contribution in [1.29, 1.82) is 0 Å². The molecule has 8 aromatic carbocycles. The van der Waals surface area contributed by atoms with Gasteiger partial charge in [-0.1, -0.05) is 30.3 Å². The van der Waals surface area contributed by atoms with E-state index in [4.69, 9.17) is 14.1 Å². The van der Waals surface area contributed by atoms with Crippen LogP contribution in [0.5, 0.6) is 11.5 Å². The Hall–Kier alpha value is -8.25. The number of nitrogens with zero attached hydrogens (tertiary/aromatic N) is 5. The zero-order chi connectivity index (χ0) is 43.7. The Balaban J connectivity index is 0.907. The van der Waals surface area contributed by atoms with Gasteiger partial charge in [-0.3, -0.25) is 4.57 Å². The molecule has 66 heavy (non-hydrogen) atoms. The molecule has 13 aromatic rings. The fraction of sp³-hybridized carbons (Fsp3) is 0. The van der Waals surface area contributed by atoms with Crippen LogP contribution in [-0.2, 0) is 19.4 Å². The second-order valence-corrected chi connectivity index (χ2v) is 17.3. The number of para-hydroxylation sites is 5. The van der Waals surface area contributed by atoms with Crippen molar-refractivity contribution in [3.63, 3.8) is 0 Å². The van der Waals surface area contributed by atoms with E-state index >= 15 is 0 Å². The summed E-state index contributed by atoms with van der Waals surface area (Å²) in [4.78, 5) is 5.09. The number of benzene rings is 8. The SMILES string of the molecule is [Pt]=[c]1n(-c2cccc(Oc3ccc4c5ccccc5n(-c5ccc(-n6c7ccccc7c7ccoc76)cn5)c4c3)c2)c2ccccc2n1-c1c(-c2ccccc2)cccc1-c1ccccc1. The van der Waals surface area contributed by atoms with Gasteiger partial charge >= 0.3 is 294 Å². The number of aromatic nitrogens is 5. The molecule has 0 unspecified atom stereocenters. The van der Waals surface area contributed by atoms with Crippen molar-refractivity contribution in [2.75, 3.05) is 0 Å². The van der Waals surface area contributed by atoms with Gasteiger partial charge < -0.3 is 4.42 Å². The zero-order valence-corrected chi connectivity index (χ0v) is 37.5. The van der Waals surface area contributed by atoms with Crippen molar-refractivity contribution in [3.05, 3.63) is 229 Å². The summed E-state index contributed by atoms with van der Waals surface area (Å²) < 4.78 is 22.9. The van der Waals surface area contributed by atoms with Crippen molar-refractivity contribution in [3.8, 4) is 56.6 Å². The molecule has 0 aliphatic carbocycles. The van der Waals surface area contributed by atoms with Gasteiger partial charge in [-0.05, 0) is 18.2 Å². The number of hydrogen-bond acceptors (Lipinski definition) is 3. The van der Waals surface area contributed by atoms with E-state index in [9.17, 15) is 0 Å². The Labute approximate surface area is 389 Å². The van der Waals surface area contributed by atoms with Crippen molar-refractivity contribution >= 4 is 54.8 Å². The number of imidazole rings is 1. The molecular weight excluding hydrogens is 994 g/mol. The summed E-state index contributed by atoms with van der Waals surface area (Å²) >= 11 is 2.49. The van der Waals surface area contributed by atoms with Gasteiger partial charge in [0.1, 0.15) is 0 Å². The Morgan fingerprint density at radius 2 is 1.00 bits per heavy atom. The average Bonchev–Trinajstić information content (AvgIpc) is 4.13. The van der Waals surface area contributed by atoms with Crippen LogP contribution >= 0.6 is 0 Å². The maximum absolute atomic E-state index is 6.81. The van der Waals surface area contributed by atoms with E-state index in [2.05, 4.69) is 238 Å². The number of ether oxygens (including phenoxy) is 1. The summed E-state index contributed by atoms with van der Waals surface area (Å²) in [6.07, 6.45) is 3.67. The molecule has 5 aromatic heterocycles. The predicted molar refractivity (Wildman–Crippen MR) is 262 cm³/mol. The summed E-state index contributed by atoms with van der Waals surface area (Å²) in [5.74, 6) is 2.27. The third-order valence-corrected chi connectivity index (χ3v) is 13.6. The van der Waals surface area contributed by atoms with Crippen LogP contribution in [0.25, 0.3) is 100.0 Å². The first-order valence-corrected chi connectivity index (χ1v) is 23.0. The van der Waals surface area contributed by atoms with Gasteiger partial charge in [-0.25, -0.2) is 0 Å². The van der Waals surface area contributed by atoms with Crippen LogP contribution in [0.1, 0.15) is 0 Å². The maximum atomic E-state index is 6.81. The molecule has 0 aliphatic rings. The molecule has 0 saturated heterocycles. The topological polar surface area (TPSA) is 55.0 Å². The zero-order valence-electron chi connectivity index (χ0n) is 35.2. The summed E-state index contributed by atoms with van der Waals surface area (Å²) in [5.41, 5.74) is 13.8. The molecule has 0 N–H and O–H groups in total. The number of fused-ring (bicyclic) bond motifs is 7. The molecule has 0 spiro atoms. The second-order valence-electron chi connectivity index (χ2n) is 16.3. The first-order valence-electron chi connectivity index (χ1n) is 21.8. The van der Waals surface area contributed by atoms with E-state index in [0.29, 0.717) is 0 Å². The van der Waals surface area contributed by atoms with Crippen LogP contribution in [0.15, 0.2) is 229 Å². The molecule has 0 atom stereocenters. The van der Waals surface area contributed by atoms with Crippen LogP contribution in [0.2, 0.25) is 0 Å². The minimum atomic E-state index is 0.728. The normalized spacial score (nSPS) is 11.7. The van der Waals surface area contributed by atoms with Crippen molar-refractivity contribution in [2.45, 2.75) is 0 Å². The molecule has 8 heteroatoms. The van der Waals surface area contributed by atoms with E-state index in [-0.39, 0.29) is 0 Å². The quantitative estimate of drug-likeness (QED) is 0.152. The van der Waals surface area contributed by atoms with E-state index in [1.165, 1.54) is 0 Å². The number of hydrogen-bond donors (Lipinski definition) is 0. The molecule has 0 bridgehead atoms. The van der Waals surface area contributed by atoms with Crippen LogP contribution in [-0.4, -0.2) is 23.3 Å². The summed E-state index contributed by atoms with van der Waals surface area (Å²) in [6.45, 7) is 0. The molecule has 0 aliphatic heterocycles. The van der Waals surface area contributed by atoms with Crippen molar-refractivity contribution in [2.24, 2.45) is 0 Å². The first-order chi connectivity index (χ1) is 32.7. The minimum absolute atomic E-state index is 0.728. The Morgan fingerprint density at radius 1 is 0.409 bits per heavy atom. The number of pyridine rings is 1. The molecule has 0 saturated carbocycles. The summed E-state index contributed by atoms with van der Waals surface area (Å²) in [7, 11) is 0. The van der Waals surface area contributed by atoms with E-state index in [0.717, 1.165) is 115 Å². The number of furan rings is 1. The first kappa shape index (κ1) is 38.2. The second kappa shape index (κ2) is 15.5. The average molecular weight is 1030 g/mol. The summed E-state index contributed by atoms with van der Waals surface area (Å²) in [6, 6.07) is 74.4. The fourth-order valence-corrected chi connectivity index (χ4v) is 10.8. The Morgan fingerprint density at radius 3 is 1.70 bits per heavy atom. The van der Waals surface area contributed by atoms with Crippen LogP contribution < -0.4 is 4.74 Å². The van der Waals surface area contributed by atoms with E-state index in [1.54, 1.807) is 6.26 Å². The standard InChI is InChI=1S/C58H37N5O2.Pt/c1-3-15-39(16-4-1)45-23-14-24-46(40-17-5-2-6-18-40)57(45)61-38-60(53-27-11-12-28-54(53)61)41-19-13-20-43(35-41)65-44-30-31-49-47-21-7-10-26-52(47)63(55(49)36-44)56-32-29-42(37-59-56)62-51-25-9-8-22-48(51)50-33-34-64-58(50)62;/h1-37H;. The predicted octanol–water partition coefficient (Wildman–Crippen LogP) is 14.8. The van der Waals surface area contributed by atoms with E-state index < -0.39 is 0 Å². The van der Waals surface area contributed by atoms with Gasteiger partial charge in [0.25, 0.3) is 0 Å². The Kier molecular flexibility index (Phi) is 8.96. The van der Waals surface area contributed by atoms with Crippen molar-refractivity contribution < 1.29 is 28.5 Å². The molecule has 0 amide bonds. The third-order valence-electron chi connectivity index (χ3n) is 12.6. The van der Waals surface area contributed by atoms with Crippen molar-refractivity contribution in [1.82, 2.24) is 23.3 Å². The molecule has 7 nitrogen and oxygen atoms in total. The van der Waals surface area contributed by atoms with Crippen LogP contribution in [0, 0.1) is 3.80 Å². The number of rotatable bonds is 8. The molecule has 13 rings (SSSR count). The van der Waals surface area contributed by atoms with Gasteiger partial charge in [0.05, 0.1) is 23.7 Å². The van der Waals surface area contributed by atoms with Gasteiger partial charge in [-0.2, -0.15) is 0 Å². The monoisotopic (exact) mass is 1030 g/mol. The van der Waals surface area contributed by atoms with Crippen LogP contribution in [0.3, 0.4) is 0 Å².